The fourth-order valence-corrected chi connectivity index (χ4v) is 4.89. The van der Waals surface area contributed by atoms with Crippen LogP contribution in [-0.4, -0.2) is 25.7 Å². The van der Waals surface area contributed by atoms with Gasteiger partial charge in [0.15, 0.2) is 5.16 Å². The lowest BCUT2D eigenvalue weighted by Crippen LogP contribution is -2.22. The zero-order valence-electron chi connectivity index (χ0n) is 17.6. The number of aromatic nitrogens is 4. The van der Waals surface area contributed by atoms with E-state index < -0.39 is 0 Å². The zero-order valence-corrected chi connectivity index (χ0v) is 19.3. The lowest BCUT2D eigenvalue weighted by Gasteiger charge is -2.09. The highest BCUT2D eigenvalue weighted by Crippen LogP contribution is 2.26. The summed E-state index contributed by atoms with van der Waals surface area (Å²) < 4.78 is 2.07. The van der Waals surface area contributed by atoms with E-state index in [0.717, 1.165) is 21.4 Å². The van der Waals surface area contributed by atoms with Gasteiger partial charge >= 0.3 is 0 Å². The molecule has 2 aromatic heterocycles. The van der Waals surface area contributed by atoms with Crippen molar-refractivity contribution in [2.45, 2.75) is 38.2 Å². The van der Waals surface area contributed by atoms with Gasteiger partial charge in [0.05, 0.1) is 5.75 Å². The minimum Gasteiger partial charge on any atom is -0.346 e. The Hall–Kier alpha value is -2.97. The quantitative estimate of drug-likeness (QED) is 0.408. The average molecular weight is 450 g/mol. The van der Waals surface area contributed by atoms with Gasteiger partial charge in [0.1, 0.15) is 5.01 Å². The Bertz CT molecular complexity index is 1180. The first-order valence-corrected chi connectivity index (χ1v) is 11.7. The number of aryl methyl sites for hydroxylation is 3. The van der Waals surface area contributed by atoms with Gasteiger partial charge in [-0.2, -0.15) is 0 Å². The number of benzene rings is 2. The predicted octanol–water partition coefficient (Wildman–Crippen LogP) is 4.87. The summed E-state index contributed by atoms with van der Waals surface area (Å²) >= 11 is 2.89. The van der Waals surface area contributed by atoms with Gasteiger partial charge in [-0.3, -0.25) is 9.36 Å². The molecule has 0 saturated heterocycles. The van der Waals surface area contributed by atoms with Crippen molar-refractivity contribution in [2.24, 2.45) is 0 Å². The normalized spacial score (nSPS) is 10.9. The minimum atomic E-state index is -0.203. The second-order valence-electron chi connectivity index (χ2n) is 7.38. The summed E-state index contributed by atoms with van der Waals surface area (Å²) in [6, 6.07) is 14.5. The van der Waals surface area contributed by atoms with Crippen LogP contribution >= 0.6 is 23.1 Å². The summed E-state index contributed by atoms with van der Waals surface area (Å²) in [7, 11) is 0. The van der Waals surface area contributed by atoms with E-state index in [-0.39, 0.29) is 5.91 Å². The number of nitrogens with zero attached hydrogens (tertiary/aromatic N) is 4. The van der Waals surface area contributed by atoms with Crippen molar-refractivity contribution >= 4 is 29.0 Å². The van der Waals surface area contributed by atoms with Gasteiger partial charge < -0.3 is 5.32 Å². The van der Waals surface area contributed by atoms with Crippen LogP contribution in [0.3, 0.4) is 0 Å². The third-order valence-electron chi connectivity index (χ3n) is 4.65. The number of imidazole rings is 1. The van der Waals surface area contributed by atoms with Crippen molar-refractivity contribution in [1.29, 1.82) is 0 Å². The van der Waals surface area contributed by atoms with Crippen LogP contribution in [-0.2, 0) is 12.3 Å². The highest BCUT2D eigenvalue weighted by Gasteiger charge is 2.14. The maximum atomic E-state index is 12.4. The summed E-state index contributed by atoms with van der Waals surface area (Å²) in [6.07, 6.45) is 3.75. The van der Waals surface area contributed by atoms with Crippen LogP contribution in [0.5, 0.6) is 0 Å². The molecule has 2 aromatic carbocycles. The Labute approximate surface area is 189 Å². The Morgan fingerprint density at radius 3 is 2.52 bits per heavy atom. The molecule has 0 aliphatic rings. The van der Waals surface area contributed by atoms with Gasteiger partial charge in [0.2, 0.25) is 5.01 Å². The van der Waals surface area contributed by atoms with E-state index >= 15 is 0 Å². The first-order chi connectivity index (χ1) is 15.0. The molecule has 0 radical (unpaired) electrons. The number of rotatable bonds is 7. The molecule has 4 rings (SSSR count). The van der Waals surface area contributed by atoms with E-state index in [1.54, 1.807) is 18.0 Å². The molecule has 1 amide bonds. The first kappa shape index (κ1) is 21.3. The Kier molecular flexibility index (Phi) is 6.48. The van der Waals surface area contributed by atoms with Crippen molar-refractivity contribution in [2.75, 3.05) is 0 Å². The number of carbonyl (C=O) groups excluding carboxylic acids is 1. The summed E-state index contributed by atoms with van der Waals surface area (Å²) in [5.41, 5.74) is 5.76. The van der Waals surface area contributed by atoms with E-state index in [2.05, 4.69) is 57.1 Å². The van der Waals surface area contributed by atoms with E-state index in [1.165, 1.54) is 28.0 Å². The number of nitrogens with one attached hydrogen (secondary N) is 1. The molecule has 0 atom stereocenters. The SMILES string of the molecule is Cc1ccc(CNC(=O)c2nnc(CSc3nccn3-c3cc(C)cc(C)c3)s2)cc1. The Morgan fingerprint density at radius 2 is 1.77 bits per heavy atom. The standard InChI is InChI=1S/C23H23N5OS2/c1-15-4-6-18(7-5-15)13-25-21(29)22-27-26-20(31-22)14-30-23-24-8-9-28(23)19-11-16(2)10-17(3)12-19/h4-12H,13-14H2,1-3H3,(H,25,29). The molecule has 6 nitrogen and oxygen atoms in total. The minimum absolute atomic E-state index is 0.203. The number of thioether (sulfide) groups is 1. The topological polar surface area (TPSA) is 72.7 Å². The summed E-state index contributed by atoms with van der Waals surface area (Å²) in [5.74, 6) is 0.399. The molecule has 158 valence electrons. The fourth-order valence-electron chi connectivity index (χ4n) is 3.18. The van der Waals surface area contributed by atoms with Gasteiger partial charge in [-0.1, -0.05) is 59.0 Å². The van der Waals surface area contributed by atoms with E-state index in [1.807, 2.05) is 37.4 Å². The average Bonchev–Trinajstić information content (AvgIpc) is 3.40. The molecule has 0 spiro atoms. The highest BCUT2D eigenvalue weighted by molar-refractivity contribution is 7.98. The van der Waals surface area contributed by atoms with Crippen molar-refractivity contribution < 1.29 is 4.79 Å². The molecule has 0 aliphatic heterocycles. The predicted molar refractivity (Wildman–Crippen MR) is 125 cm³/mol. The molecule has 0 aliphatic carbocycles. The number of hydrogen-bond donors (Lipinski definition) is 1. The molecule has 2 heterocycles. The summed E-state index contributed by atoms with van der Waals surface area (Å²) in [4.78, 5) is 16.9. The van der Waals surface area contributed by atoms with Crippen LogP contribution in [0.2, 0.25) is 0 Å². The maximum absolute atomic E-state index is 12.4. The molecule has 4 aromatic rings. The van der Waals surface area contributed by atoms with E-state index in [9.17, 15) is 4.79 Å². The second-order valence-corrected chi connectivity index (χ2v) is 9.39. The molecular formula is C23H23N5OS2. The summed E-state index contributed by atoms with van der Waals surface area (Å²) in [6.45, 7) is 6.69. The lowest BCUT2D eigenvalue weighted by molar-refractivity contribution is 0.0950. The number of amides is 1. The van der Waals surface area contributed by atoms with Crippen LogP contribution in [0.25, 0.3) is 5.69 Å². The van der Waals surface area contributed by atoms with Gasteiger partial charge in [-0.05, 0) is 49.6 Å². The molecule has 31 heavy (non-hydrogen) atoms. The van der Waals surface area contributed by atoms with E-state index in [4.69, 9.17) is 0 Å². The number of carbonyl (C=O) groups is 1. The van der Waals surface area contributed by atoms with Crippen LogP contribution in [0.4, 0.5) is 0 Å². The maximum Gasteiger partial charge on any atom is 0.282 e. The third-order valence-corrected chi connectivity index (χ3v) is 6.73. The van der Waals surface area contributed by atoms with E-state index in [0.29, 0.717) is 17.3 Å². The highest BCUT2D eigenvalue weighted by atomic mass is 32.2. The first-order valence-electron chi connectivity index (χ1n) is 9.89. The smallest absolute Gasteiger partial charge is 0.282 e. The van der Waals surface area contributed by atoms with Gasteiger partial charge in [0.25, 0.3) is 5.91 Å². The van der Waals surface area contributed by atoms with Crippen molar-refractivity contribution in [3.63, 3.8) is 0 Å². The van der Waals surface area contributed by atoms with Crippen molar-refractivity contribution in [3.05, 3.63) is 87.1 Å². The fraction of sp³-hybridized carbons (Fsp3) is 0.217. The van der Waals surface area contributed by atoms with Crippen molar-refractivity contribution in [3.8, 4) is 5.69 Å². The molecular weight excluding hydrogens is 426 g/mol. The van der Waals surface area contributed by atoms with Crippen LogP contribution in [0.15, 0.2) is 60.0 Å². The van der Waals surface area contributed by atoms with Crippen LogP contribution < -0.4 is 5.32 Å². The Morgan fingerprint density at radius 1 is 1.03 bits per heavy atom. The van der Waals surface area contributed by atoms with Gasteiger partial charge in [-0.25, -0.2) is 4.98 Å². The molecule has 1 N–H and O–H groups in total. The second kappa shape index (κ2) is 9.45. The van der Waals surface area contributed by atoms with Crippen LogP contribution in [0, 0.1) is 20.8 Å². The molecule has 0 saturated carbocycles. The molecule has 0 fully saturated rings. The monoisotopic (exact) mass is 449 g/mol. The van der Waals surface area contributed by atoms with Gasteiger partial charge in [-0.15, -0.1) is 10.2 Å². The molecule has 8 heteroatoms. The summed E-state index contributed by atoms with van der Waals surface area (Å²) in [5, 5.41) is 13.2. The third kappa shape index (κ3) is 5.39. The van der Waals surface area contributed by atoms with Crippen molar-refractivity contribution in [1.82, 2.24) is 25.1 Å². The zero-order chi connectivity index (χ0) is 21.8. The Balaban J connectivity index is 1.37. The number of hydrogen-bond acceptors (Lipinski definition) is 6. The molecule has 0 unspecified atom stereocenters. The largest absolute Gasteiger partial charge is 0.346 e. The van der Waals surface area contributed by atoms with Gasteiger partial charge in [0, 0.05) is 24.6 Å². The van der Waals surface area contributed by atoms with Crippen LogP contribution in [0.1, 0.15) is 37.1 Å². The molecule has 0 bridgehead atoms. The lowest BCUT2D eigenvalue weighted by atomic mass is 10.1.